The maximum Gasteiger partial charge on any atom is 0.310 e. The second kappa shape index (κ2) is 4.88. The Balaban J connectivity index is 2.04. The van der Waals surface area contributed by atoms with E-state index in [-0.39, 0.29) is 24.4 Å². The average Bonchev–Trinajstić information content (AvgIpc) is 2.22. The van der Waals surface area contributed by atoms with Crippen molar-refractivity contribution >= 4 is 11.9 Å². The van der Waals surface area contributed by atoms with Gasteiger partial charge < -0.3 is 14.7 Å². The summed E-state index contributed by atoms with van der Waals surface area (Å²) in [6.45, 7) is 4.97. The minimum absolute atomic E-state index is 0.0344. The summed E-state index contributed by atoms with van der Waals surface area (Å²) in [6.07, 6.45) is 2.30. The molecule has 0 aromatic heterocycles. The Kier molecular flexibility index (Phi) is 3.61. The molecule has 2 rings (SSSR count). The van der Waals surface area contributed by atoms with E-state index in [1.165, 1.54) is 0 Å². The molecule has 0 aromatic rings. The first kappa shape index (κ1) is 13.3. The van der Waals surface area contributed by atoms with Crippen LogP contribution >= 0.6 is 0 Å². The zero-order chi connectivity index (χ0) is 13.3. The summed E-state index contributed by atoms with van der Waals surface area (Å²) in [5.74, 6) is -0.865. The molecule has 1 N–H and O–H groups in total. The highest BCUT2D eigenvalue weighted by Crippen LogP contribution is 2.44. The minimum atomic E-state index is -0.823. The molecule has 2 atom stereocenters. The van der Waals surface area contributed by atoms with Crippen molar-refractivity contribution in [2.75, 3.05) is 13.2 Å². The monoisotopic (exact) mass is 255 g/mol. The number of nitrogens with zero attached hydrogens (tertiary/aromatic N) is 1. The Morgan fingerprint density at radius 2 is 1.83 bits per heavy atom. The van der Waals surface area contributed by atoms with Crippen LogP contribution in [0, 0.1) is 5.41 Å². The third-order valence-electron chi connectivity index (χ3n) is 4.21. The number of ether oxygens (including phenoxy) is 1. The zero-order valence-electron chi connectivity index (χ0n) is 11.0. The Bertz CT molecular complexity index is 341. The lowest BCUT2D eigenvalue weighted by molar-refractivity contribution is -0.163. The van der Waals surface area contributed by atoms with Gasteiger partial charge in [0.15, 0.2) is 0 Å². The lowest BCUT2D eigenvalue weighted by atomic mass is 9.66. The number of hydrogen-bond acceptors (Lipinski definition) is 3. The molecule has 0 bridgehead atoms. The van der Waals surface area contributed by atoms with Crippen molar-refractivity contribution in [1.29, 1.82) is 0 Å². The SMILES string of the molecule is CC1COCC(C)N1C(=O)CC1(C(=O)O)CCC1. The lowest BCUT2D eigenvalue weighted by Crippen LogP contribution is -2.54. The van der Waals surface area contributed by atoms with E-state index in [1.807, 2.05) is 13.8 Å². The van der Waals surface area contributed by atoms with Gasteiger partial charge in [-0.1, -0.05) is 6.42 Å². The van der Waals surface area contributed by atoms with Crippen LogP contribution in [-0.2, 0) is 14.3 Å². The van der Waals surface area contributed by atoms with Gasteiger partial charge in [-0.25, -0.2) is 0 Å². The largest absolute Gasteiger partial charge is 0.481 e. The summed E-state index contributed by atoms with van der Waals surface area (Å²) in [5.41, 5.74) is -0.797. The van der Waals surface area contributed by atoms with Crippen LogP contribution in [0.25, 0.3) is 0 Å². The molecule has 1 amide bonds. The van der Waals surface area contributed by atoms with E-state index in [9.17, 15) is 14.7 Å². The summed E-state index contributed by atoms with van der Waals surface area (Å²) in [4.78, 5) is 25.4. The van der Waals surface area contributed by atoms with E-state index in [0.717, 1.165) is 6.42 Å². The van der Waals surface area contributed by atoms with Gasteiger partial charge in [0.25, 0.3) is 0 Å². The van der Waals surface area contributed by atoms with Gasteiger partial charge in [0, 0.05) is 6.42 Å². The van der Waals surface area contributed by atoms with Crippen molar-refractivity contribution < 1.29 is 19.4 Å². The van der Waals surface area contributed by atoms with Crippen LogP contribution in [-0.4, -0.2) is 47.2 Å². The van der Waals surface area contributed by atoms with Crippen LogP contribution in [0.5, 0.6) is 0 Å². The van der Waals surface area contributed by atoms with Crippen molar-refractivity contribution in [3.8, 4) is 0 Å². The molecule has 2 fully saturated rings. The highest BCUT2D eigenvalue weighted by Gasteiger charge is 2.47. The fraction of sp³-hybridized carbons (Fsp3) is 0.846. The highest BCUT2D eigenvalue weighted by atomic mass is 16.5. The second-order valence-electron chi connectivity index (χ2n) is 5.65. The molecule has 0 spiro atoms. The Morgan fingerprint density at radius 1 is 1.28 bits per heavy atom. The molecule has 1 aliphatic heterocycles. The van der Waals surface area contributed by atoms with Gasteiger partial charge in [0.2, 0.25) is 5.91 Å². The summed E-state index contributed by atoms with van der Waals surface area (Å²) < 4.78 is 5.38. The number of aliphatic carboxylic acids is 1. The van der Waals surface area contributed by atoms with Crippen molar-refractivity contribution in [2.45, 2.75) is 51.6 Å². The van der Waals surface area contributed by atoms with Crippen LogP contribution in [0.4, 0.5) is 0 Å². The molecule has 5 heteroatoms. The molecule has 0 aromatic carbocycles. The molecular weight excluding hydrogens is 234 g/mol. The van der Waals surface area contributed by atoms with Crippen molar-refractivity contribution in [1.82, 2.24) is 4.90 Å². The predicted molar refractivity (Wildman–Crippen MR) is 65.1 cm³/mol. The van der Waals surface area contributed by atoms with E-state index >= 15 is 0 Å². The molecular formula is C13H21NO4. The van der Waals surface area contributed by atoms with Crippen LogP contribution in [0.15, 0.2) is 0 Å². The quantitative estimate of drug-likeness (QED) is 0.824. The van der Waals surface area contributed by atoms with Gasteiger partial charge in [0.05, 0.1) is 30.7 Å². The summed E-state index contributed by atoms with van der Waals surface area (Å²) in [6, 6.07) is 0.0688. The van der Waals surface area contributed by atoms with Crippen molar-refractivity contribution in [3.63, 3.8) is 0 Å². The molecule has 2 aliphatic rings. The molecule has 5 nitrogen and oxygen atoms in total. The molecule has 1 saturated carbocycles. The van der Waals surface area contributed by atoms with Gasteiger partial charge >= 0.3 is 5.97 Å². The number of rotatable bonds is 3. The van der Waals surface area contributed by atoms with E-state index in [1.54, 1.807) is 4.90 Å². The number of carboxylic acids is 1. The number of morpholine rings is 1. The van der Waals surface area contributed by atoms with Gasteiger partial charge in [-0.2, -0.15) is 0 Å². The molecule has 1 heterocycles. The molecule has 1 saturated heterocycles. The third-order valence-corrected chi connectivity index (χ3v) is 4.21. The maximum absolute atomic E-state index is 12.3. The molecule has 1 aliphatic carbocycles. The first-order valence-electron chi connectivity index (χ1n) is 6.58. The summed E-state index contributed by atoms with van der Waals surface area (Å²) >= 11 is 0. The topological polar surface area (TPSA) is 66.8 Å². The maximum atomic E-state index is 12.3. The van der Waals surface area contributed by atoms with E-state index in [2.05, 4.69) is 0 Å². The van der Waals surface area contributed by atoms with Crippen molar-refractivity contribution in [3.05, 3.63) is 0 Å². The Morgan fingerprint density at radius 3 is 2.22 bits per heavy atom. The predicted octanol–water partition coefficient (Wildman–Crippen LogP) is 1.27. The lowest BCUT2D eigenvalue weighted by Gasteiger charge is -2.43. The van der Waals surface area contributed by atoms with Gasteiger partial charge in [-0.3, -0.25) is 9.59 Å². The first-order chi connectivity index (χ1) is 8.46. The van der Waals surface area contributed by atoms with Crippen LogP contribution in [0.3, 0.4) is 0 Å². The molecule has 102 valence electrons. The summed E-state index contributed by atoms with van der Waals surface area (Å²) in [5, 5.41) is 9.27. The molecule has 0 radical (unpaired) electrons. The normalized spacial score (nSPS) is 30.7. The minimum Gasteiger partial charge on any atom is -0.481 e. The fourth-order valence-electron chi connectivity index (χ4n) is 2.95. The standard InChI is InChI=1S/C13H21NO4/c1-9-7-18-8-10(2)14(9)11(15)6-13(12(16)17)4-3-5-13/h9-10H,3-8H2,1-2H3,(H,16,17). The van der Waals surface area contributed by atoms with Crippen LogP contribution in [0.1, 0.15) is 39.5 Å². The van der Waals surface area contributed by atoms with E-state index < -0.39 is 11.4 Å². The second-order valence-corrected chi connectivity index (χ2v) is 5.65. The Hall–Kier alpha value is -1.10. The zero-order valence-corrected chi connectivity index (χ0v) is 11.0. The number of carboxylic acid groups (broad SMARTS) is 1. The van der Waals surface area contributed by atoms with Crippen LogP contribution in [0.2, 0.25) is 0 Å². The molecule has 2 unspecified atom stereocenters. The third kappa shape index (κ3) is 2.23. The van der Waals surface area contributed by atoms with E-state index in [4.69, 9.17) is 4.74 Å². The van der Waals surface area contributed by atoms with Gasteiger partial charge in [-0.15, -0.1) is 0 Å². The molecule has 18 heavy (non-hydrogen) atoms. The van der Waals surface area contributed by atoms with Crippen molar-refractivity contribution in [2.24, 2.45) is 5.41 Å². The smallest absolute Gasteiger partial charge is 0.310 e. The Labute approximate surface area is 107 Å². The average molecular weight is 255 g/mol. The van der Waals surface area contributed by atoms with E-state index in [0.29, 0.717) is 26.1 Å². The number of hydrogen-bond donors (Lipinski definition) is 1. The highest BCUT2D eigenvalue weighted by molar-refractivity contribution is 5.86. The van der Waals surface area contributed by atoms with Gasteiger partial charge in [0.1, 0.15) is 0 Å². The summed E-state index contributed by atoms with van der Waals surface area (Å²) in [7, 11) is 0. The first-order valence-corrected chi connectivity index (χ1v) is 6.58. The number of carbonyl (C=O) groups excluding carboxylic acids is 1. The fourth-order valence-corrected chi connectivity index (χ4v) is 2.95. The number of carbonyl (C=O) groups is 2. The van der Waals surface area contributed by atoms with Gasteiger partial charge in [-0.05, 0) is 26.7 Å². The van der Waals surface area contributed by atoms with Crippen LogP contribution < -0.4 is 0 Å². The number of amides is 1.